The van der Waals surface area contributed by atoms with Gasteiger partial charge in [-0.15, -0.1) is 0 Å². The maximum absolute atomic E-state index is 4.42. The Balaban J connectivity index is 3.44. The van der Waals surface area contributed by atoms with Crippen molar-refractivity contribution in [1.82, 2.24) is 5.32 Å². The summed E-state index contributed by atoms with van der Waals surface area (Å²) in [6, 6.07) is 0. The lowest BCUT2D eigenvalue weighted by Gasteiger charge is -2.23. The standard InChI is InChI=1S/C9H21NS/c1-8(2,3)6-10-7-9(4,5)11/h10-11H,6-7H2,1-5H3. The van der Waals surface area contributed by atoms with Crippen LogP contribution in [0.5, 0.6) is 0 Å². The van der Waals surface area contributed by atoms with Crippen LogP contribution in [-0.4, -0.2) is 17.8 Å². The quantitative estimate of drug-likeness (QED) is 0.627. The maximum Gasteiger partial charge on any atom is 0.0198 e. The van der Waals surface area contributed by atoms with E-state index in [9.17, 15) is 0 Å². The highest BCUT2D eigenvalue weighted by atomic mass is 32.1. The minimum Gasteiger partial charge on any atom is -0.315 e. The number of nitrogens with one attached hydrogen (secondary N) is 1. The predicted octanol–water partition coefficient (Wildman–Crippen LogP) is 2.33. The van der Waals surface area contributed by atoms with Crippen LogP contribution in [0.4, 0.5) is 0 Å². The molecule has 0 fully saturated rings. The van der Waals surface area contributed by atoms with E-state index in [1.165, 1.54) is 0 Å². The summed E-state index contributed by atoms with van der Waals surface area (Å²) < 4.78 is 0.102. The van der Waals surface area contributed by atoms with Gasteiger partial charge in [-0.2, -0.15) is 12.6 Å². The van der Waals surface area contributed by atoms with Crippen molar-refractivity contribution in [3.8, 4) is 0 Å². The molecule has 0 atom stereocenters. The molecule has 0 radical (unpaired) electrons. The van der Waals surface area contributed by atoms with Crippen molar-refractivity contribution in [1.29, 1.82) is 0 Å². The first kappa shape index (κ1) is 11.3. The van der Waals surface area contributed by atoms with Crippen LogP contribution in [0.2, 0.25) is 0 Å². The number of hydrogen-bond acceptors (Lipinski definition) is 2. The van der Waals surface area contributed by atoms with Crippen LogP contribution in [0.25, 0.3) is 0 Å². The Bertz CT molecular complexity index is 93.7. The Kier molecular flexibility index (Phi) is 3.92. The van der Waals surface area contributed by atoms with Crippen LogP contribution in [0, 0.1) is 5.41 Å². The van der Waals surface area contributed by atoms with E-state index in [1.54, 1.807) is 0 Å². The van der Waals surface area contributed by atoms with Crippen molar-refractivity contribution < 1.29 is 0 Å². The van der Waals surface area contributed by atoms with Crippen LogP contribution in [-0.2, 0) is 0 Å². The normalized spacial score (nSPS) is 13.6. The molecule has 0 aromatic rings. The van der Waals surface area contributed by atoms with Gasteiger partial charge in [-0.1, -0.05) is 20.8 Å². The van der Waals surface area contributed by atoms with Gasteiger partial charge in [-0.25, -0.2) is 0 Å². The molecule has 0 amide bonds. The van der Waals surface area contributed by atoms with Crippen molar-refractivity contribution in [2.45, 2.75) is 39.4 Å². The van der Waals surface area contributed by atoms with E-state index in [2.05, 4.69) is 52.6 Å². The highest BCUT2D eigenvalue weighted by Gasteiger charge is 2.13. The van der Waals surface area contributed by atoms with Gasteiger partial charge in [0, 0.05) is 17.8 Å². The lowest BCUT2D eigenvalue weighted by molar-refractivity contribution is 0.373. The van der Waals surface area contributed by atoms with E-state index < -0.39 is 0 Å². The lowest BCUT2D eigenvalue weighted by atomic mass is 9.97. The van der Waals surface area contributed by atoms with Crippen molar-refractivity contribution in [3.63, 3.8) is 0 Å². The van der Waals surface area contributed by atoms with Gasteiger partial charge in [-0.05, 0) is 19.3 Å². The van der Waals surface area contributed by atoms with E-state index in [1.807, 2.05) is 0 Å². The van der Waals surface area contributed by atoms with E-state index in [0.29, 0.717) is 5.41 Å². The van der Waals surface area contributed by atoms with E-state index in [0.717, 1.165) is 13.1 Å². The first-order valence-corrected chi connectivity index (χ1v) is 4.59. The molecule has 2 heteroatoms. The van der Waals surface area contributed by atoms with E-state index >= 15 is 0 Å². The van der Waals surface area contributed by atoms with Crippen LogP contribution in [0.1, 0.15) is 34.6 Å². The third-order valence-electron chi connectivity index (χ3n) is 1.21. The summed E-state index contributed by atoms with van der Waals surface area (Å²) in [7, 11) is 0. The van der Waals surface area contributed by atoms with Gasteiger partial charge in [0.05, 0.1) is 0 Å². The fourth-order valence-electron chi connectivity index (χ4n) is 0.743. The zero-order chi connectivity index (χ0) is 9.12. The van der Waals surface area contributed by atoms with Gasteiger partial charge in [0.15, 0.2) is 0 Å². The molecular weight excluding hydrogens is 154 g/mol. The van der Waals surface area contributed by atoms with Gasteiger partial charge < -0.3 is 5.32 Å². The number of rotatable bonds is 3. The summed E-state index contributed by atoms with van der Waals surface area (Å²) >= 11 is 4.42. The third-order valence-corrected chi connectivity index (χ3v) is 1.37. The topological polar surface area (TPSA) is 12.0 Å². The SMILES string of the molecule is CC(C)(C)CNCC(C)(C)S. The molecule has 0 saturated heterocycles. The molecule has 11 heavy (non-hydrogen) atoms. The average molecular weight is 175 g/mol. The summed E-state index contributed by atoms with van der Waals surface area (Å²) in [5.41, 5.74) is 0.374. The highest BCUT2D eigenvalue weighted by Crippen LogP contribution is 2.13. The summed E-state index contributed by atoms with van der Waals surface area (Å²) in [5.74, 6) is 0. The molecule has 0 bridgehead atoms. The molecule has 0 spiro atoms. The Morgan fingerprint density at radius 2 is 1.45 bits per heavy atom. The zero-order valence-corrected chi connectivity index (χ0v) is 9.26. The molecule has 0 aliphatic carbocycles. The Morgan fingerprint density at radius 1 is 1.00 bits per heavy atom. The summed E-state index contributed by atoms with van der Waals surface area (Å²) in [5, 5.41) is 3.39. The molecular formula is C9H21NS. The monoisotopic (exact) mass is 175 g/mol. The second-order valence-corrected chi connectivity index (χ2v) is 6.19. The smallest absolute Gasteiger partial charge is 0.0198 e. The fourth-order valence-corrected chi connectivity index (χ4v) is 0.855. The lowest BCUT2D eigenvalue weighted by Crippen LogP contribution is -2.35. The van der Waals surface area contributed by atoms with E-state index in [-0.39, 0.29) is 4.75 Å². The molecule has 0 aliphatic heterocycles. The Hall–Kier alpha value is 0.310. The first-order valence-electron chi connectivity index (χ1n) is 4.14. The number of thiol groups is 1. The van der Waals surface area contributed by atoms with Crippen molar-refractivity contribution in [3.05, 3.63) is 0 Å². The van der Waals surface area contributed by atoms with Gasteiger partial charge >= 0.3 is 0 Å². The Morgan fingerprint density at radius 3 is 1.73 bits per heavy atom. The summed E-state index contributed by atoms with van der Waals surface area (Å²) in [6.07, 6.45) is 0. The van der Waals surface area contributed by atoms with Crippen LogP contribution < -0.4 is 5.32 Å². The second kappa shape index (κ2) is 3.81. The van der Waals surface area contributed by atoms with Crippen LogP contribution >= 0.6 is 12.6 Å². The Labute approximate surface area is 76.4 Å². The molecule has 0 rings (SSSR count). The van der Waals surface area contributed by atoms with Gasteiger partial charge in [0.2, 0.25) is 0 Å². The third kappa shape index (κ3) is 10.3. The van der Waals surface area contributed by atoms with Crippen molar-refractivity contribution in [2.75, 3.05) is 13.1 Å². The molecule has 0 aliphatic rings. The maximum atomic E-state index is 4.42. The largest absolute Gasteiger partial charge is 0.315 e. The molecule has 0 unspecified atom stereocenters. The second-order valence-electron chi connectivity index (χ2n) is 4.98. The van der Waals surface area contributed by atoms with Gasteiger partial charge in [-0.3, -0.25) is 0 Å². The fraction of sp³-hybridized carbons (Fsp3) is 1.00. The average Bonchev–Trinajstić information content (AvgIpc) is 1.55. The van der Waals surface area contributed by atoms with Crippen molar-refractivity contribution in [2.24, 2.45) is 5.41 Å². The summed E-state index contributed by atoms with van der Waals surface area (Å²) in [6.45, 7) is 12.9. The predicted molar refractivity (Wildman–Crippen MR) is 55.4 cm³/mol. The molecule has 0 saturated carbocycles. The summed E-state index contributed by atoms with van der Waals surface area (Å²) in [4.78, 5) is 0. The van der Waals surface area contributed by atoms with Gasteiger partial charge in [0.25, 0.3) is 0 Å². The zero-order valence-electron chi connectivity index (χ0n) is 8.36. The van der Waals surface area contributed by atoms with Gasteiger partial charge in [0.1, 0.15) is 0 Å². The van der Waals surface area contributed by atoms with Crippen molar-refractivity contribution >= 4 is 12.6 Å². The molecule has 68 valence electrons. The molecule has 1 nitrogen and oxygen atoms in total. The number of hydrogen-bond donors (Lipinski definition) is 2. The highest BCUT2D eigenvalue weighted by molar-refractivity contribution is 7.81. The molecule has 0 aromatic heterocycles. The van der Waals surface area contributed by atoms with E-state index in [4.69, 9.17) is 0 Å². The minimum atomic E-state index is 0.102. The minimum absolute atomic E-state index is 0.102. The van der Waals surface area contributed by atoms with Crippen LogP contribution in [0.15, 0.2) is 0 Å². The molecule has 0 heterocycles. The molecule has 1 N–H and O–H groups in total. The first-order chi connectivity index (χ1) is 4.71. The van der Waals surface area contributed by atoms with Crippen LogP contribution in [0.3, 0.4) is 0 Å². The molecule has 0 aromatic carbocycles.